The molecule has 0 bridgehead atoms. The first-order valence-corrected chi connectivity index (χ1v) is 10.0. The summed E-state index contributed by atoms with van der Waals surface area (Å²) in [5.74, 6) is 1.81. The standard InChI is InChI=1S/C20H31N5O4/c1-5-21-19(22-10-11-25-18(26)13-23-20(25)27)24-14(4)15-8-9-16(28-6-2)17(12-15)29-7-3/h8-9,12,14H,5-7,10-11,13H2,1-4H3,(H,23,27)(H2,21,22,24). The Kier molecular flexibility index (Phi) is 8.57. The third kappa shape index (κ3) is 6.27. The lowest BCUT2D eigenvalue weighted by molar-refractivity contribution is -0.124. The molecule has 1 unspecified atom stereocenters. The molecular weight excluding hydrogens is 374 g/mol. The molecule has 3 amide bonds. The van der Waals surface area contributed by atoms with Gasteiger partial charge in [0.2, 0.25) is 5.91 Å². The first kappa shape index (κ1) is 22.3. The number of amides is 3. The van der Waals surface area contributed by atoms with Crippen LogP contribution in [0.5, 0.6) is 11.5 Å². The van der Waals surface area contributed by atoms with Crippen LogP contribution in [0.15, 0.2) is 23.2 Å². The molecule has 1 aliphatic rings. The molecule has 0 aliphatic carbocycles. The summed E-state index contributed by atoms with van der Waals surface area (Å²) in [6.45, 7) is 10.3. The molecule has 1 fully saturated rings. The summed E-state index contributed by atoms with van der Waals surface area (Å²) in [6, 6.07) is 5.45. The first-order valence-electron chi connectivity index (χ1n) is 10.0. The van der Waals surface area contributed by atoms with Gasteiger partial charge in [0.1, 0.15) is 0 Å². The van der Waals surface area contributed by atoms with Crippen LogP contribution in [-0.4, -0.2) is 62.2 Å². The van der Waals surface area contributed by atoms with Crippen molar-refractivity contribution >= 4 is 17.9 Å². The van der Waals surface area contributed by atoms with Gasteiger partial charge in [0.25, 0.3) is 0 Å². The highest BCUT2D eigenvalue weighted by atomic mass is 16.5. The first-order chi connectivity index (χ1) is 14.0. The van der Waals surface area contributed by atoms with Crippen LogP contribution >= 0.6 is 0 Å². The highest BCUT2D eigenvalue weighted by Crippen LogP contribution is 2.30. The molecule has 1 saturated heterocycles. The molecule has 0 spiro atoms. The lowest BCUT2D eigenvalue weighted by Crippen LogP contribution is -2.40. The minimum atomic E-state index is -0.366. The van der Waals surface area contributed by atoms with Crippen molar-refractivity contribution in [3.05, 3.63) is 23.8 Å². The van der Waals surface area contributed by atoms with E-state index >= 15 is 0 Å². The van der Waals surface area contributed by atoms with E-state index in [9.17, 15) is 9.59 Å². The van der Waals surface area contributed by atoms with Gasteiger partial charge in [-0.05, 0) is 45.4 Å². The number of guanidine groups is 1. The zero-order valence-electron chi connectivity index (χ0n) is 17.6. The molecule has 1 aliphatic heterocycles. The topological polar surface area (TPSA) is 104 Å². The number of hydrogen-bond acceptors (Lipinski definition) is 5. The average molecular weight is 405 g/mol. The molecule has 29 heavy (non-hydrogen) atoms. The van der Waals surface area contributed by atoms with Crippen LogP contribution in [0.3, 0.4) is 0 Å². The van der Waals surface area contributed by atoms with Gasteiger partial charge in [-0.3, -0.25) is 14.7 Å². The van der Waals surface area contributed by atoms with E-state index in [2.05, 4.69) is 20.9 Å². The Morgan fingerprint density at radius 2 is 1.93 bits per heavy atom. The maximum atomic E-state index is 11.6. The maximum absolute atomic E-state index is 11.6. The molecule has 9 nitrogen and oxygen atoms in total. The fourth-order valence-corrected chi connectivity index (χ4v) is 2.89. The van der Waals surface area contributed by atoms with Gasteiger partial charge >= 0.3 is 6.03 Å². The van der Waals surface area contributed by atoms with Gasteiger partial charge < -0.3 is 25.4 Å². The average Bonchev–Trinajstić information content (AvgIpc) is 3.01. The van der Waals surface area contributed by atoms with Crippen LogP contribution in [0.4, 0.5) is 4.79 Å². The van der Waals surface area contributed by atoms with Gasteiger partial charge in [0.15, 0.2) is 17.5 Å². The maximum Gasteiger partial charge on any atom is 0.324 e. The second-order valence-corrected chi connectivity index (χ2v) is 6.40. The Morgan fingerprint density at radius 3 is 2.55 bits per heavy atom. The van der Waals surface area contributed by atoms with Gasteiger partial charge in [-0.15, -0.1) is 0 Å². The predicted octanol–water partition coefficient (Wildman–Crippen LogP) is 1.65. The minimum Gasteiger partial charge on any atom is -0.490 e. The Balaban J connectivity index is 2.04. The van der Waals surface area contributed by atoms with Crippen LogP contribution in [0.2, 0.25) is 0 Å². The van der Waals surface area contributed by atoms with Crippen LogP contribution in [0.1, 0.15) is 39.3 Å². The van der Waals surface area contributed by atoms with Gasteiger partial charge in [-0.1, -0.05) is 6.07 Å². The summed E-state index contributed by atoms with van der Waals surface area (Å²) in [5.41, 5.74) is 1.02. The quantitative estimate of drug-likeness (QED) is 0.311. The predicted molar refractivity (Wildman–Crippen MR) is 111 cm³/mol. The van der Waals surface area contributed by atoms with Gasteiger partial charge in [0.05, 0.1) is 38.9 Å². The van der Waals surface area contributed by atoms with E-state index in [0.717, 1.165) is 11.3 Å². The minimum absolute atomic E-state index is 0.0422. The monoisotopic (exact) mass is 405 g/mol. The third-order valence-corrected chi connectivity index (χ3v) is 4.30. The number of rotatable bonds is 10. The zero-order chi connectivity index (χ0) is 21.2. The molecule has 1 aromatic carbocycles. The number of benzene rings is 1. The molecule has 160 valence electrons. The van der Waals surface area contributed by atoms with Crippen LogP contribution < -0.4 is 25.4 Å². The largest absolute Gasteiger partial charge is 0.490 e. The Labute approximate surface area is 171 Å². The van der Waals surface area contributed by atoms with E-state index in [1.165, 1.54) is 4.90 Å². The summed E-state index contributed by atoms with van der Waals surface area (Å²) in [7, 11) is 0. The summed E-state index contributed by atoms with van der Waals surface area (Å²) < 4.78 is 11.3. The van der Waals surface area contributed by atoms with E-state index in [1.807, 2.05) is 45.9 Å². The van der Waals surface area contributed by atoms with Crippen LogP contribution in [0, 0.1) is 0 Å². The number of nitrogens with one attached hydrogen (secondary N) is 3. The molecular formula is C20H31N5O4. The van der Waals surface area contributed by atoms with E-state index < -0.39 is 0 Å². The number of hydrogen-bond donors (Lipinski definition) is 3. The molecule has 1 atom stereocenters. The zero-order valence-corrected chi connectivity index (χ0v) is 17.6. The summed E-state index contributed by atoms with van der Waals surface area (Å²) in [5, 5.41) is 9.02. The number of ether oxygens (including phenoxy) is 2. The van der Waals surface area contributed by atoms with Gasteiger partial charge in [-0.25, -0.2) is 4.79 Å². The van der Waals surface area contributed by atoms with Crippen molar-refractivity contribution in [1.29, 1.82) is 0 Å². The number of carbonyl (C=O) groups excluding carboxylic acids is 2. The Morgan fingerprint density at radius 1 is 1.21 bits per heavy atom. The molecule has 3 N–H and O–H groups in total. The smallest absolute Gasteiger partial charge is 0.324 e. The number of urea groups is 1. The van der Waals surface area contributed by atoms with Crippen molar-refractivity contribution in [3.63, 3.8) is 0 Å². The molecule has 1 aromatic rings. The number of imide groups is 1. The van der Waals surface area contributed by atoms with Crippen molar-refractivity contribution in [3.8, 4) is 11.5 Å². The second-order valence-electron chi connectivity index (χ2n) is 6.40. The lowest BCUT2D eigenvalue weighted by Gasteiger charge is -2.20. The highest BCUT2D eigenvalue weighted by Gasteiger charge is 2.27. The summed E-state index contributed by atoms with van der Waals surface area (Å²) >= 11 is 0. The third-order valence-electron chi connectivity index (χ3n) is 4.30. The second kappa shape index (κ2) is 11.1. The van der Waals surface area contributed by atoms with Gasteiger partial charge in [-0.2, -0.15) is 0 Å². The van der Waals surface area contributed by atoms with Crippen LogP contribution in [0.25, 0.3) is 0 Å². The molecule has 0 aromatic heterocycles. The van der Waals surface area contributed by atoms with Crippen molar-refractivity contribution < 1.29 is 19.1 Å². The number of aliphatic imine (C=N–C) groups is 1. The Bertz CT molecular complexity index is 722. The highest BCUT2D eigenvalue weighted by molar-refractivity contribution is 6.01. The van der Waals surface area contributed by atoms with E-state index in [1.54, 1.807) is 0 Å². The number of carbonyl (C=O) groups is 2. The molecule has 1 heterocycles. The van der Waals surface area contributed by atoms with Crippen molar-refractivity contribution in [2.24, 2.45) is 4.99 Å². The SMILES string of the molecule is CCNC(=NCCN1C(=O)CNC1=O)NC(C)c1ccc(OCC)c(OCC)c1. The molecule has 0 saturated carbocycles. The van der Waals surface area contributed by atoms with Crippen molar-refractivity contribution in [2.75, 3.05) is 39.4 Å². The fraction of sp³-hybridized carbons (Fsp3) is 0.550. The summed E-state index contributed by atoms with van der Waals surface area (Å²) in [4.78, 5) is 28.9. The van der Waals surface area contributed by atoms with E-state index in [-0.39, 0.29) is 31.1 Å². The molecule has 9 heteroatoms. The normalized spacial score (nSPS) is 15.2. The van der Waals surface area contributed by atoms with Crippen molar-refractivity contribution in [1.82, 2.24) is 20.9 Å². The Hall–Kier alpha value is -2.97. The summed E-state index contributed by atoms with van der Waals surface area (Å²) in [6.07, 6.45) is 0. The van der Waals surface area contributed by atoms with E-state index in [4.69, 9.17) is 9.47 Å². The van der Waals surface area contributed by atoms with Gasteiger partial charge in [0, 0.05) is 6.54 Å². The van der Waals surface area contributed by atoms with Crippen LogP contribution in [-0.2, 0) is 4.79 Å². The van der Waals surface area contributed by atoms with E-state index in [0.29, 0.717) is 38.0 Å². The molecule has 0 radical (unpaired) electrons. The molecule has 2 rings (SSSR count). The number of nitrogens with zero attached hydrogens (tertiary/aromatic N) is 2. The lowest BCUT2D eigenvalue weighted by atomic mass is 10.1. The van der Waals surface area contributed by atoms with Crippen molar-refractivity contribution in [2.45, 2.75) is 33.7 Å². The fourth-order valence-electron chi connectivity index (χ4n) is 2.89.